The molecule has 0 spiro atoms. The minimum Gasteiger partial charge on any atom is -0.493 e. The lowest BCUT2D eigenvalue weighted by Crippen LogP contribution is -2.39. The molecule has 0 aliphatic carbocycles. The number of nitrogens with one attached hydrogen (secondary N) is 1. The van der Waals surface area contributed by atoms with E-state index >= 15 is 0 Å². The number of methoxy groups -OCH3 is 1. The van der Waals surface area contributed by atoms with Crippen LogP contribution in [-0.4, -0.2) is 57.1 Å². The number of amides is 1. The highest BCUT2D eigenvalue weighted by molar-refractivity contribution is 5.92. The predicted molar refractivity (Wildman–Crippen MR) is 129 cm³/mol. The van der Waals surface area contributed by atoms with E-state index in [1.807, 2.05) is 12.3 Å². The third-order valence-electron chi connectivity index (χ3n) is 6.73. The van der Waals surface area contributed by atoms with Gasteiger partial charge < -0.3 is 15.5 Å². The smallest absolute Gasteiger partial charge is 0.231 e. The summed E-state index contributed by atoms with van der Waals surface area (Å²) in [5.74, 6) is 1.26. The Hall–Kier alpha value is -3.39. The topological polar surface area (TPSA) is 102 Å². The lowest BCUT2D eigenvalue weighted by molar-refractivity contribution is -0.119. The summed E-state index contributed by atoms with van der Waals surface area (Å²) in [5, 5.41) is 5.58. The Morgan fingerprint density at radius 2 is 2.06 bits per heavy atom. The van der Waals surface area contributed by atoms with Gasteiger partial charge in [-0.05, 0) is 67.1 Å². The number of H-pyrrole nitrogens is 1. The molecule has 33 heavy (non-hydrogen) atoms. The maximum absolute atomic E-state index is 11.2. The second-order valence-corrected chi connectivity index (χ2v) is 9.22. The van der Waals surface area contributed by atoms with E-state index in [9.17, 15) is 4.79 Å². The van der Waals surface area contributed by atoms with E-state index in [1.165, 1.54) is 22.8 Å². The van der Waals surface area contributed by atoms with Crippen LogP contribution in [0.4, 0.5) is 0 Å². The largest absolute Gasteiger partial charge is 0.493 e. The summed E-state index contributed by atoms with van der Waals surface area (Å²) in [6.07, 6.45) is 5.61. The number of primary amides is 1. The van der Waals surface area contributed by atoms with Crippen LogP contribution in [0.1, 0.15) is 49.7 Å². The van der Waals surface area contributed by atoms with Crippen LogP contribution in [0, 0.1) is 0 Å². The molecule has 1 saturated heterocycles. The molecular formula is C25H30N6O2. The first-order chi connectivity index (χ1) is 15.9. The predicted octanol–water partition coefficient (Wildman–Crippen LogP) is 3.67. The van der Waals surface area contributed by atoms with Crippen molar-refractivity contribution in [3.8, 4) is 17.0 Å². The van der Waals surface area contributed by atoms with Gasteiger partial charge in [-0.25, -0.2) is 9.50 Å². The van der Waals surface area contributed by atoms with Crippen molar-refractivity contribution in [1.82, 2.24) is 24.5 Å². The molecule has 1 aliphatic rings. The molecule has 4 aromatic rings. The number of likely N-dealkylation sites (tertiary alicyclic amines) is 1. The van der Waals surface area contributed by atoms with E-state index in [-0.39, 0.29) is 5.91 Å². The van der Waals surface area contributed by atoms with Gasteiger partial charge in [-0.3, -0.25) is 9.69 Å². The standard InChI is InChI=1S/C25H30N6O2/c1-15(2)23-19-10-17(16-6-8-30(9-7-16)13-22(26)32)4-5-20(19)29-24(23)18-11-21(33-3)25-27-14-28-31(25)12-18/h4-5,10-12,14-16,29H,6-9,13H2,1-3H3,(H2,26,32). The molecule has 5 rings (SSSR count). The first kappa shape index (κ1) is 21.5. The summed E-state index contributed by atoms with van der Waals surface area (Å²) in [7, 11) is 1.66. The molecule has 0 saturated carbocycles. The van der Waals surface area contributed by atoms with Crippen molar-refractivity contribution >= 4 is 22.5 Å². The molecule has 3 N–H and O–H groups in total. The van der Waals surface area contributed by atoms with Crippen LogP contribution in [0.5, 0.6) is 5.75 Å². The Bertz CT molecular complexity index is 1310. The fraction of sp³-hybridized carbons (Fsp3) is 0.400. The maximum Gasteiger partial charge on any atom is 0.231 e. The minimum atomic E-state index is -0.253. The van der Waals surface area contributed by atoms with Crippen molar-refractivity contribution in [3.63, 3.8) is 0 Å². The number of fused-ring (bicyclic) bond motifs is 2. The zero-order chi connectivity index (χ0) is 23.1. The van der Waals surface area contributed by atoms with Gasteiger partial charge in [0.05, 0.1) is 19.3 Å². The van der Waals surface area contributed by atoms with Gasteiger partial charge in [0.15, 0.2) is 11.4 Å². The maximum atomic E-state index is 11.2. The summed E-state index contributed by atoms with van der Waals surface area (Å²) in [4.78, 5) is 21.3. The van der Waals surface area contributed by atoms with Gasteiger partial charge in [-0.1, -0.05) is 19.9 Å². The monoisotopic (exact) mass is 446 g/mol. The lowest BCUT2D eigenvalue weighted by atomic mass is 9.87. The van der Waals surface area contributed by atoms with Crippen LogP contribution < -0.4 is 10.5 Å². The molecule has 0 unspecified atom stereocenters. The number of ether oxygens (including phenoxy) is 1. The number of pyridine rings is 1. The highest BCUT2D eigenvalue weighted by atomic mass is 16.5. The zero-order valence-electron chi connectivity index (χ0n) is 19.3. The number of benzene rings is 1. The van der Waals surface area contributed by atoms with Gasteiger partial charge in [0, 0.05) is 22.7 Å². The minimum absolute atomic E-state index is 0.253. The normalized spacial score (nSPS) is 15.6. The number of nitrogens with two attached hydrogens (primary N) is 1. The number of piperidine rings is 1. The van der Waals surface area contributed by atoms with E-state index in [2.05, 4.69) is 52.0 Å². The van der Waals surface area contributed by atoms with Crippen molar-refractivity contribution < 1.29 is 9.53 Å². The van der Waals surface area contributed by atoms with Gasteiger partial charge in [0.25, 0.3) is 0 Å². The van der Waals surface area contributed by atoms with Crippen LogP contribution in [-0.2, 0) is 4.79 Å². The van der Waals surface area contributed by atoms with Gasteiger partial charge in [0.2, 0.25) is 5.91 Å². The quantitative estimate of drug-likeness (QED) is 0.471. The SMILES string of the molecule is COc1cc(-c2[nH]c3ccc(C4CCN(CC(N)=O)CC4)cc3c2C(C)C)cn2ncnc12. The number of carbonyl (C=O) groups excluding carboxylic acids is 1. The fourth-order valence-corrected chi connectivity index (χ4v) is 5.14. The Labute approximate surface area is 192 Å². The van der Waals surface area contributed by atoms with Crippen molar-refractivity contribution in [3.05, 3.63) is 47.9 Å². The summed E-state index contributed by atoms with van der Waals surface area (Å²) in [6.45, 7) is 6.61. The van der Waals surface area contributed by atoms with Gasteiger partial charge in [0.1, 0.15) is 6.33 Å². The van der Waals surface area contributed by atoms with Crippen molar-refractivity contribution in [2.45, 2.75) is 38.5 Å². The number of aromatic nitrogens is 4. The molecule has 3 aromatic heterocycles. The van der Waals surface area contributed by atoms with E-state index in [0.29, 0.717) is 29.8 Å². The number of carbonyl (C=O) groups is 1. The average molecular weight is 447 g/mol. The highest BCUT2D eigenvalue weighted by Crippen LogP contribution is 2.39. The number of hydrogen-bond acceptors (Lipinski definition) is 5. The Morgan fingerprint density at radius 1 is 1.27 bits per heavy atom. The van der Waals surface area contributed by atoms with Gasteiger partial charge in [-0.2, -0.15) is 5.10 Å². The van der Waals surface area contributed by atoms with Crippen LogP contribution in [0.15, 0.2) is 36.8 Å². The Kier molecular flexibility index (Phi) is 5.54. The summed E-state index contributed by atoms with van der Waals surface area (Å²) < 4.78 is 7.34. The van der Waals surface area contributed by atoms with Crippen LogP contribution in [0.2, 0.25) is 0 Å². The third kappa shape index (κ3) is 3.95. The van der Waals surface area contributed by atoms with Crippen LogP contribution in [0.25, 0.3) is 27.8 Å². The Morgan fingerprint density at radius 3 is 2.76 bits per heavy atom. The number of rotatable bonds is 6. The molecule has 4 heterocycles. The highest BCUT2D eigenvalue weighted by Gasteiger charge is 2.24. The molecular weight excluding hydrogens is 416 g/mol. The molecule has 172 valence electrons. The fourth-order valence-electron chi connectivity index (χ4n) is 5.14. The summed E-state index contributed by atoms with van der Waals surface area (Å²) in [5.41, 5.74) is 12.0. The third-order valence-corrected chi connectivity index (χ3v) is 6.73. The molecule has 0 atom stereocenters. The molecule has 1 fully saturated rings. The molecule has 0 radical (unpaired) electrons. The lowest BCUT2D eigenvalue weighted by Gasteiger charge is -2.31. The zero-order valence-corrected chi connectivity index (χ0v) is 19.3. The van der Waals surface area contributed by atoms with Crippen LogP contribution in [0.3, 0.4) is 0 Å². The van der Waals surface area contributed by atoms with E-state index < -0.39 is 0 Å². The molecule has 1 aliphatic heterocycles. The summed E-state index contributed by atoms with van der Waals surface area (Å²) >= 11 is 0. The van der Waals surface area contributed by atoms with Crippen LogP contribution >= 0.6 is 0 Å². The Balaban J connectivity index is 1.53. The first-order valence-corrected chi connectivity index (χ1v) is 11.5. The number of hydrogen-bond donors (Lipinski definition) is 2. The van der Waals surface area contributed by atoms with E-state index in [0.717, 1.165) is 42.7 Å². The first-order valence-electron chi connectivity index (χ1n) is 11.5. The average Bonchev–Trinajstić information content (AvgIpc) is 3.42. The summed E-state index contributed by atoms with van der Waals surface area (Å²) in [6, 6.07) is 8.81. The van der Waals surface area contributed by atoms with E-state index in [4.69, 9.17) is 10.5 Å². The van der Waals surface area contributed by atoms with Gasteiger partial charge >= 0.3 is 0 Å². The molecule has 8 heteroatoms. The number of aromatic amines is 1. The van der Waals surface area contributed by atoms with Crippen molar-refractivity contribution in [1.29, 1.82) is 0 Å². The molecule has 8 nitrogen and oxygen atoms in total. The van der Waals surface area contributed by atoms with E-state index in [1.54, 1.807) is 11.6 Å². The molecule has 1 aromatic carbocycles. The van der Waals surface area contributed by atoms with Crippen molar-refractivity contribution in [2.75, 3.05) is 26.7 Å². The number of nitrogens with zero attached hydrogens (tertiary/aromatic N) is 4. The molecule has 0 bridgehead atoms. The van der Waals surface area contributed by atoms with Gasteiger partial charge in [-0.15, -0.1) is 0 Å². The molecule has 1 amide bonds. The van der Waals surface area contributed by atoms with Crippen molar-refractivity contribution in [2.24, 2.45) is 5.73 Å². The second-order valence-electron chi connectivity index (χ2n) is 9.22. The second kappa shape index (κ2) is 8.51.